The van der Waals surface area contributed by atoms with Gasteiger partial charge in [-0.05, 0) is 20.3 Å². The average Bonchev–Trinajstić information content (AvgIpc) is 2.82. The molecule has 0 fully saturated rings. The minimum Gasteiger partial charge on any atom is -0.294 e. The zero-order valence-corrected chi connectivity index (χ0v) is 13.8. The van der Waals surface area contributed by atoms with Gasteiger partial charge in [-0.1, -0.05) is 30.3 Å². The first-order chi connectivity index (χ1) is 10.8. The Labute approximate surface area is 137 Å². The fourth-order valence-corrected chi connectivity index (χ4v) is 3.40. The van der Waals surface area contributed by atoms with Gasteiger partial charge >= 0.3 is 6.18 Å². The molecule has 0 amide bonds. The van der Waals surface area contributed by atoms with Crippen molar-refractivity contribution < 1.29 is 18.0 Å². The van der Waals surface area contributed by atoms with Crippen molar-refractivity contribution in [1.29, 1.82) is 0 Å². The molecule has 0 saturated carbocycles. The Balaban J connectivity index is 2.10. The lowest BCUT2D eigenvalue weighted by Gasteiger charge is -2.16. The topological polar surface area (TPSA) is 30.0 Å². The van der Waals surface area contributed by atoms with E-state index in [2.05, 4.69) is 4.98 Å². The number of benzene rings is 1. The summed E-state index contributed by atoms with van der Waals surface area (Å²) in [4.78, 5) is 17.3. The molecule has 0 spiro atoms. The maximum atomic E-state index is 12.8. The Bertz CT molecular complexity index is 645. The van der Waals surface area contributed by atoms with Gasteiger partial charge in [0, 0.05) is 22.8 Å². The van der Waals surface area contributed by atoms with Crippen LogP contribution in [0.3, 0.4) is 0 Å². The third-order valence-corrected chi connectivity index (χ3v) is 4.92. The third kappa shape index (κ3) is 5.16. The molecule has 0 radical (unpaired) electrons. The molecule has 1 aromatic heterocycles. The Hall–Kier alpha value is -1.69. The molecule has 23 heavy (non-hydrogen) atoms. The van der Waals surface area contributed by atoms with Crippen LogP contribution in [0.5, 0.6) is 0 Å². The van der Waals surface area contributed by atoms with E-state index in [-0.39, 0.29) is 18.6 Å². The van der Waals surface area contributed by atoms with Crippen molar-refractivity contribution >= 4 is 17.1 Å². The minimum atomic E-state index is -4.27. The number of hydrogen-bond acceptors (Lipinski definition) is 3. The highest BCUT2D eigenvalue weighted by molar-refractivity contribution is 7.11. The van der Waals surface area contributed by atoms with Crippen LogP contribution in [-0.2, 0) is 0 Å². The van der Waals surface area contributed by atoms with Crippen molar-refractivity contribution in [2.75, 3.05) is 0 Å². The van der Waals surface area contributed by atoms with Gasteiger partial charge in [0.05, 0.1) is 17.1 Å². The van der Waals surface area contributed by atoms with Gasteiger partial charge in [-0.2, -0.15) is 13.2 Å². The SMILES string of the molecule is Cc1nc(C(CCC(=O)c2ccccc2)CC(F)(F)F)sc1C. The number of thiazole rings is 1. The van der Waals surface area contributed by atoms with E-state index in [1.54, 1.807) is 37.3 Å². The molecule has 1 atom stereocenters. The van der Waals surface area contributed by atoms with Gasteiger partial charge in [0.1, 0.15) is 0 Å². The van der Waals surface area contributed by atoms with Crippen LogP contribution < -0.4 is 0 Å². The molecule has 0 saturated heterocycles. The van der Waals surface area contributed by atoms with Gasteiger partial charge in [-0.25, -0.2) is 4.98 Å². The second kappa shape index (κ2) is 7.25. The van der Waals surface area contributed by atoms with Crippen LogP contribution in [0.2, 0.25) is 0 Å². The van der Waals surface area contributed by atoms with Crippen LogP contribution in [0.1, 0.15) is 51.1 Å². The Morgan fingerprint density at radius 3 is 2.39 bits per heavy atom. The zero-order valence-electron chi connectivity index (χ0n) is 13.0. The lowest BCUT2D eigenvalue weighted by atomic mass is 9.96. The molecule has 6 heteroatoms. The molecule has 1 aromatic carbocycles. The summed E-state index contributed by atoms with van der Waals surface area (Å²) >= 11 is 1.29. The summed E-state index contributed by atoms with van der Waals surface area (Å²) in [6.07, 6.45) is -4.97. The van der Waals surface area contributed by atoms with Crippen molar-refractivity contribution in [2.45, 2.75) is 45.2 Å². The molecule has 1 unspecified atom stereocenters. The summed E-state index contributed by atoms with van der Waals surface area (Å²) in [5, 5.41) is 0.471. The smallest absolute Gasteiger partial charge is 0.294 e. The molecular weight excluding hydrogens is 323 g/mol. The number of carbonyl (C=O) groups is 1. The summed E-state index contributed by atoms with van der Waals surface area (Å²) in [5.74, 6) is -0.900. The van der Waals surface area contributed by atoms with Crippen molar-refractivity contribution in [3.63, 3.8) is 0 Å². The first-order valence-electron chi connectivity index (χ1n) is 7.35. The molecule has 2 rings (SSSR count). The fraction of sp³-hybridized carbons (Fsp3) is 0.412. The summed E-state index contributed by atoms with van der Waals surface area (Å²) in [6.45, 7) is 3.63. The lowest BCUT2D eigenvalue weighted by molar-refractivity contribution is -0.139. The first kappa shape index (κ1) is 17.7. The Morgan fingerprint density at radius 1 is 1.22 bits per heavy atom. The molecule has 0 N–H and O–H groups in total. The van der Waals surface area contributed by atoms with E-state index < -0.39 is 18.5 Å². The van der Waals surface area contributed by atoms with Crippen LogP contribution in [0.25, 0.3) is 0 Å². The van der Waals surface area contributed by atoms with Crippen molar-refractivity contribution in [3.8, 4) is 0 Å². The predicted octanol–water partition coefficient (Wildman–Crippen LogP) is 5.46. The van der Waals surface area contributed by atoms with Gasteiger partial charge in [0.2, 0.25) is 0 Å². The number of rotatable bonds is 6. The highest BCUT2D eigenvalue weighted by atomic mass is 32.1. The van der Waals surface area contributed by atoms with Crippen LogP contribution in [-0.4, -0.2) is 16.9 Å². The molecule has 124 valence electrons. The number of hydrogen-bond donors (Lipinski definition) is 0. The number of aromatic nitrogens is 1. The van der Waals surface area contributed by atoms with E-state index in [9.17, 15) is 18.0 Å². The largest absolute Gasteiger partial charge is 0.389 e. The fourth-order valence-electron chi connectivity index (χ4n) is 2.34. The number of aryl methyl sites for hydroxylation is 2. The first-order valence-corrected chi connectivity index (χ1v) is 8.17. The molecule has 2 nitrogen and oxygen atoms in total. The molecule has 2 aromatic rings. The monoisotopic (exact) mass is 341 g/mol. The third-order valence-electron chi connectivity index (χ3n) is 3.69. The number of ketones is 1. The normalized spacial score (nSPS) is 13.1. The van der Waals surface area contributed by atoms with E-state index in [1.165, 1.54) is 11.3 Å². The van der Waals surface area contributed by atoms with Crippen LogP contribution >= 0.6 is 11.3 Å². The summed E-state index contributed by atoms with van der Waals surface area (Å²) in [5.41, 5.74) is 1.29. The zero-order chi connectivity index (χ0) is 17.0. The molecule has 0 aliphatic rings. The average molecular weight is 341 g/mol. The second-order valence-electron chi connectivity index (χ2n) is 5.54. The van der Waals surface area contributed by atoms with E-state index in [0.717, 1.165) is 10.6 Å². The highest BCUT2D eigenvalue weighted by Crippen LogP contribution is 2.37. The summed E-state index contributed by atoms with van der Waals surface area (Å²) < 4.78 is 38.5. The molecule has 1 heterocycles. The standard InChI is InChI=1S/C17H18F3NOS/c1-11-12(2)23-16(21-11)14(10-17(18,19)20)8-9-15(22)13-6-4-3-5-7-13/h3-7,14H,8-10H2,1-2H3. The van der Waals surface area contributed by atoms with Gasteiger partial charge in [0.15, 0.2) is 5.78 Å². The van der Waals surface area contributed by atoms with Gasteiger partial charge < -0.3 is 0 Å². The van der Waals surface area contributed by atoms with Gasteiger partial charge in [-0.15, -0.1) is 11.3 Å². The molecule has 0 bridgehead atoms. The second-order valence-corrected chi connectivity index (χ2v) is 6.77. The van der Waals surface area contributed by atoms with Crippen LogP contribution in [0.4, 0.5) is 13.2 Å². The Kier molecular flexibility index (Phi) is 5.57. The van der Waals surface area contributed by atoms with Gasteiger partial charge in [-0.3, -0.25) is 4.79 Å². The number of Topliss-reactive ketones (excluding diaryl/α,β-unsaturated/α-hetero) is 1. The quantitative estimate of drug-likeness (QED) is 0.653. The number of alkyl halides is 3. The summed E-state index contributed by atoms with van der Waals surface area (Å²) in [7, 11) is 0. The van der Waals surface area contributed by atoms with E-state index in [1.807, 2.05) is 6.92 Å². The van der Waals surface area contributed by atoms with E-state index in [0.29, 0.717) is 10.6 Å². The summed E-state index contributed by atoms with van der Waals surface area (Å²) in [6, 6.07) is 8.64. The number of nitrogens with zero attached hydrogens (tertiary/aromatic N) is 1. The number of carbonyl (C=O) groups excluding carboxylic acids is 1. The van der Waals surface area contributed by atoms with Crippen LogP contribution in [0.15, 0.2) is 30.3 Å². The minimum absolute atomic E-state index is 0.0857. The van der Waals surface area contributed by atoms with Crippen LogP contribution in [0, 0.1) is 13.8 Å². The number of halogens is 3. The molecule has 0 aliphatic heterocycles. The Morgan fingerprint density at radius 2 is 1.87 bits per heavy atom. The molecular formula is C17H18F3NOS. The maximum absolute atomic E-state index is 12.8. The van der Waals surface area contributed by atoms with Crippen molar-refractivity contribution in [3.05, 3.63) is 51.5 Å². The lowest BCUT2D eigenvalue weighted by Crippen LogP contribution is -2.15. The molecule has 0 aliphatic carbocycles. The van der Waals surface area contributed by atoms with Crippen molar-refractivity contribution in [2.24, 2.45) is 0 Å². The maximum Gasteiger partial charge on any atom is 0.389 e. The van der Waals surface area contributed by atoms with E-state index in [4.69, 9.17) is 0 Å². The van der Waals surface area contributed by atoms with E-state index >= 15 is 0 Å². The van der Waals surface area contributed by atoms with Crippen molar-refractivity contribution in [1.82, 2.24) is 4.98 Å². The van der Waals surface area contributed by atoms with Gasteiger partial charge in [0.25, 0.3) is 0 Å². The predicted molar refractivity (Wildman–Crippen MR) is 85.0 cm³/mol. The highest BCUT2D eigenvalue weighted by Gasteiger charge is 2.34.